The van der Waals surface area contributed by atoms with Crippen LogP contribution in [-0.4, -0.2) is 15.0 Å². The van der Waals surface area contributed by atoms with Crippen molar-refractivity contribution in [2.24, 2.45) is 0 Å². The highest BCUT2D eigenvalue weighted by Gasteiger charge is 2.33. The number of aryl methyl sites for hydroxylation is 1. The van der Waals surface area contributed by atoms with Crippen molar-refractivity contribution in [3.05, 3.63) is 23.7 Å². The van der Waals surface area contributed by atoms with Crippen LogP contribution in [0.3, 0.4) is 0 Å². The summed E-state index contributed by atoms with van der Waals surface area (Å²) in [6.07, 6.45) is -3.18. The van der Waals surface area contributed by atoms with Crippen molar-refractivity contribution in [1.29, 1.82) is 0 Å². The maximum Gasteiger partial charge on any atom is 0.433 e. The summed E-state index contributed by atoms with van der Waals surface area (Å²) in [6.45, 7) is 1.70. The maximum atomic E-state index is 12.5. The highest BCUT2D eigenvalue weighted by atomic mass is 32.2. The normalized spacial score (nSPS) is 11.8. The second-order valence-corrected chi connectivity index (χ2v) is 4.28. The Hall–Kier alpha value is -1.77. The van der Waals surface area contributed by atoms with Crippen molar-refractivity contribution in [1.82, 2.24) is 15.0 Å². The molecule has 0 atom stereocenters. The smallest absolute Gasteiger partial charge is 0.433 e. The summed E-state index contributed by atoms with van der Waals surface area (Å²) in [5, 5.41) is 0.218. The summed E-state index contributed by atoms with van der Waals surface area (Å²) >= 11 is 0.844. The van der Waals surface area contributed by atoms with Gasteiger partial charge < -0.3 is 10.2 Å². The number of nitrogen functional groups attached to an aromatic ring is 1. The number of oxazole rings is 1. The number of anilines is 1. The molecule has 9 heteroatoms. The Kier molecular flexibility index (Phi) is 3.16. The van der Waals surface area contributed by atoms with Crippen molar-refractivity contribution >= 4 is 17.7 Å². The number of rotatable bonds is 2. The molecule has 0 amide bonds. The van der Waals surface area contributed by atoms with Gasteiger partial charge in [-0.25, -0.2) is 15.0 Å². The first-order chi connectivity index (χ1) is 8.34. The summed E-state index contributed by atoms with van der Waals surface area (Å²) in [4.78, 5) is 10.8. The molecule has 0 aliphatic rings. The van der Waals surface area contributed by atoms with Crippen molar-refractivity contribution in [2.75, 3.05) is 5.73 Å². The van der Waals surface area contributed by atoms with Crippen LogP contribution in [-0.2, 0) is 6.18 Å². The topological polar surface area (TPSA) is 77.8 Å². The molecule has 0 aromatic carbocycles. The number of nitrogens with zero attached hydrogens (tertiary/aromatic N) is 3. The third-order valence-electron chi connectivity index (χ3n) is 1.80. The van der Waals surface area contributed by atoms with E-state index in [2.05, 4.69) is 15.0 Å². The van der Waals surface area contributed by atoms with Gasteiger partial charge in [0.25, 0.3) is 5.22 Å². The van der Waals surface area contributed by atoms with Gasteiger partial charge in [-0.05, 0) is 18.7 Å². The van der Waals surface area contributed by atoms with E-state index in [9.17, 15) is 13.2 Å². The second-order valence-electron chi connectivity index (χ2n) is 3.30. The monoisotopic (exact) mass is 276 g/mol. The van der Waals surface area contributed by atoms with E-state index in [0.717, 1.165) is 17.8 Å². The van der Waals surface area contributed by atoms with Gasteiger partial charge >= 0.3 is 6.18 Å². The number of aromatic nitrogens is 3. The van der Waals surface area contributed by atoms with Crippen LogP contribution in [0.2, 0.25) is 0 Å². The van der Waals surface area contributed by atoms with Gasteiger partial charge in [0.15, 0.2) is 5.69 Å². The molecule has 2 aromatic heterocycles. The van der Waals surface area contributed by atoms with Crippen LogP contribution < -0.4 is 5.73 Å². The summed E-state index contributed by atoms with van der Waals surface area (Å²) < 4.78 is 42.5. The summed E-state index contributed by atoms with van der Waals surface area (Å²) in [7, 11) is 0. The molecule has 0 saturated carbocycles. The molecule has 0 spiro atoms. The van der Waals surface area contributed by atoms with E-state index in [1.807, 2.05) is 0 Å². The number of halogens is 3. The lowest BCUT2D eigenvalue weighted by atomic mass is 10.4. The van der Waals surface area contributed by atoms with E-state index >= 15 is 0 Å². The van der Waals surface area contributed by atoms with Crippen LogP contribution in [0, 0.1) is 6.92 Å². The Morgan fingerprint density at radius 3 is 2.56 bits per heavy atom. The number of hydrogen-bond acceptors (Lipinski definition) is 6. The quantitative estimate of drug-likeness (QED) is 0.849. The minimum atomic E-state index is -4.57. The lowest BCUT2D eigenvalue weighted by molar-refractivity contribution is -0.141. The first kappa shape index (κ1) is 12.7. The first-order valence-electron chi connectivity index (χ1n) is 4.66. The van der Waals surface area contributed by atoms with Gasteiger partial charge in [0.05, 0.1) is 5.69 Å². The molecule has 18 heavy (non-hydrogen) atoms. The zero-order valence-electron chi connectivity index (χ0n) is 9.02. The van der Waals surface area contributed by atoms with Gasteiger partial charge in [0.1, 0.15) is 11.3 Å². The molecule has 0 aliphatic carbocycles. The summed E-state index contributed by atoms with van der Waals surface area (Å²) in [5.41, 5.74) is 4.75. The molecular formula is C9H7F3N4OS. The van der Waals surface area contributed by atoms with Gasteiger partial charge in [-0.15, -0.1) is 0 Å². The highest BCUT2D eigenvalue weighted by Crippen LogP contribution is 2.32. The Morgan fingerprint density at radius 1 is 1.28 bits per heavy atom. The molecule has 0 aliphatic heterocycles. The summed E-state index contributed by atoms with van der Waals surface area (Å²) in [5.74, 6) is -0.449. The molecule has 2 N–H and O–H groups in total. The van der Waals surface area contributed by atoms with Crippen LogP contribution in [0.5, 0.6) is 0 Å². The molecule has 0 saturated heterocycles. The fraction of sp³-hybridized carbons (Fsp3) is 0.222. The predicted octanol–water partition coefficient (Wildman–Crippen LogP) is 2.53. The van der Waals surface area contributed by atoms with Gasteiger partial charge in [0, 0.05) is 6.07 Å². The number of alkyl halides is 3. The Bertz CT molecular complexity index is 569. The van der Waals surface area contributed by atoms with E-state index in [1.54, 1.807) is 6.92 Å². The molecule has 5 nitrogen and oxygen atoms in total. The molecule has 2 heterocycles. The number of hydrogen-bond donors (Lipinski definition) is 1. The van der Waals surface area contributed by atoms with Crippen molar-refractivity contribution < 1.29 is 17.6 Å². The van der Waals surface area contributed by atoms with Crippen molar-refractivity contribution in [2.45, 2.75) is 23.3 Å². The van der Waals surface area contributed by atoms with Crippen LogP contribution in [0.25, 0.3) is 0 Å². The van der Waals surface area contributed by atoms with Gasteiger partial charge in [-0.1, -0.05) is 0 Å². The third-order valence-corrected chi connectivity index (χ3v) is 2.58. The average molecular weight is 276 g/mol. The van der Waals surface area contributed by atoms with Gasteiger partial charge in [0.2, 0.25) is 5.95 Å². The van der Waals surface area contributed by atoms with E-state index in [-0.39, 0.29) is 10.2 Å². The van der Waals surface area contributed by atoms with Crippen molar-refractivity contribution in [3.8, 4) is 0 Å². The standard InChI is InChI=1S/C9H7F3N4OS/c1-4-3-17-8(14-4)18-6-2-5(9(10,11)12)15-7(13)16-6/h2-3H,1H3,(H2,13,15,16). The maximum absolute atomic E-state index is 12.5. The van der Waals surface area contributed by atoms with Crippen LogP contribution >= 0.6 is 11.8 Å². The fourth-order valence-corrected chi connectivity index (χ4v) is 1.88. The lowest BCUT2D eigenvalue weighted by Gasteiger charge is -2.07. The molecule has 0 bridgehead atoms. The molecule has 0 unspecified atom stereocenters. The number of nitrogens with two attached hydrogens (primary N) is 1. The Morgan fingerprint density at radius 2 is 2.00 bits per heavy atom. The van der Waals surface area contributed by atoms with Crippen LogP contribution in [0.1, 0.15) is 11.4 Å². The predicted molar refractivity (Wildman–Crippen MR) is 56.8 cm³/mol. The van der Waals surface area contributed by atoms with E-state index < -0.39 is 17.8 Å². The molecule has 0 radical (unpaired) electrons. The van der Waals surface area contributed by atoms with Gasteiger partial charge in [-0.3, -0.25) is 0 Å². The Balaban J connectivity index is 2.31. The highest BCUT2D eigenvalue weighted by molar-refractivity contribution is 7.99. The fourth-order valence-electron chi connectivity index (χ4n) is 1.11. The SMILES string of the molecule is Cc1coc(Sc2cc(C(F)(F)F)nc(N)n2)n1. The summed E-state index contributed by atoms with van der Waals surface area (Å²) in [6, 6.07) is 0.792. The van der Waals surface area contributed by atoms with E-state index in [0.29, 0.717) is 5.69 Å². The molecule has 96 valence electrons. The zero-order chi connectivity index (χ0) is 13.3. The lowest BCUT2D eigenvalue weighted by Crippen LogP contribution is -2.11. The molecule has 0 fully saturated rings. The largest absolute Gasteiger partial charge is 0.439 e. The van der Waals surface area contributed by atoms with Crippen LogP contribution in [0.15, 0.2) is 27.0 Å². The van der Waals surface area contributed by atoms with E-state index in [4.69, 9.17) is 10.2 Å². The first-order valence-corrected chi connectivity index (χ1v) is 5.48. The van der Waals surface area contributed by atoms with E-state index in [1.165, 1.54) is 6.26 Å². The van der Waals surface area contributed by atoms with Crippen molar-refractivity contribution in [3.63, 3.8) is 0 Å². The minimum Gasteiger partial charge on any atom is -0.439 e. The minimum absolute atomic E-state index is 0.0247. The Labute approximate surface area is 104 Å². The molecular weight excluding hydrogens is 269 g/mol. The molecule has 2 aromatic rings. The second kappa shape index (κ2) is 4.48. The molecule has 2 rings (SSSR count). The third kappa shape index (κ3) is 2.92. The van der Waals surface area contributed by atoms with Gasteiger partial charge in [-0.2, -0.15) is 13.2 Å². The van der Waals surface area contributed by atoms with Crippen LogP contribution in [0.4, 0.5) is 19.1 Å². The zero-order valence-corrected chi connectivity index (χ0v) is 9.84. The average Bonchev–Trinajstić information content (AvgIpc) is 2.61.